The SMILES string of the molecule is c1ccc(-c2cccc(N(c3ccc(-c4ccc5c(c4)sc4ccc6nc(-c7ccccc7)sc6c45)cc3)c3ccc4c(ccc5ccccc54)c3)c2)cc1. The van der Waals surface area contributed by atoms with Gasteiger partial charge in [-0.25, -0.2) is 4.98 Å². The van der Waals surface area contributed by atoms with Crippen LogP contribution in [0.4, 0.5) is 17.1 Å². The standard InChI is InChI=1S/C51H32N2S2/c1-3-10-33(11-4-1)37-15-9-16-41(30-37)53(42-25-27-44-39(31-42)19-18-35-12-7-8-17-43(35)44)40-23-20-34(21-24-40)38-22-26-45-48(32-38)54-47-29-28-46-50(49(45)47)55-51(52-46)36-13-5-2-6-14-36/h1-32H. The van der Waals surface area contributed by atoms with E-state index in [1.54, 1.807) is 11.3 Å². The molecule has 0 aliphatic heterocycles. The van der Waals surface area contributed by atoms with E-state index in [1.807, 2.05) is 11.3 Å². The number of hydrogen-bond acceptors (Lipinski definition) is 4. The van der Waals surface area contributed by atoms with Gasteiger partial charge in [-0.3, -0.25) is 0 Å². The van der Waals surface area contributed by atoms with E-state index < -0.39 is 0 Å². The third-order valence-corrected chi connectivity index (χ3v) is 12.9. The summed E-state index contributed by atoms with van der Waals surface area (Å²) in [6, 6.07) is 70.3. The van der Waals surface area contributed by atoms with E-state index in [4.69, 9.17) is 4.98 Å². The topological polar surface area (TPSA) is 16.1 Å². The van der Waals surface area contributed by atoms with E-state index in [2.05, 4.69) is 199 Å². The molecule has 0 amide bonds. The van der Waals surface area contributed by atoms with Crippen LogP contribution in [0.2, 0.25) is 0 Å². The number of thiazole rings is 1. The lowest BCUT2D eigenvalue weighted by atomic mass is 10.00. The van der Waals surface area contributed by atoms with Crippen LogP contribution in [0.25, 0.3) is 84.8 Å². The average Bonchev–Trinajstić information content (AvgIpc) is 3.86. The van der Waals surface area contributed by atoms with Gasteiger partial charge in [0.15, 0.2) is 0 Å². The summed E-state index contributed by atoms with van der Waals surface area (Å²) in [6.07, 6.45) is 0. The fourth-order valence-corrected chi connectivity index (χ4v) is 10.3. The summed E-state index contributed by atoms with van der Waals surface area (Å²) in [6.45, 7) is 0. The Balaban J connectivity index is 0.994. The van der Waals surface area contributed by atoms with Gasteiger partial charge in [-0.05, 0) is 98.4 Å². The molecule has 0 N–H and O–H groups in total. The number of hydrogen-bond donors (Lipinski definition) is 0. The van der Waals surface area contributed by atoms with Gasteiger partial charge in [0.1, 0.15) is 5.01 Å². The Bertz CT molecular complexity index is 3200. The van der Waals surface area contributed by atoms with Crippen LogP contribution < -0.4 is 4.90 Å². The molecule has 2 nitrogen and oxygen atoms in total. The number of benzene rings is 9. The summed E-state index contributed by atoms with van der Waals surface area (Å²) in [7, 11) is 0. The van der Waals surface area contributed by atoms with Crippen molar-refractivity contribution in [2.24, 2.45) is 0 Å². The van der Waals surface area contributed by atoms with Gasteiger partial charge in [0.05, 0.1) is 10.2 Å². The van der Waals surface area contributed by atoms with E-state index in [-0.39, 0.29) is 0 Å². The number of nitrogens with zero attached hydrogens (tertiary/aromatic N) is 2. The molecule has 0 fully saturated rings. The Morgan fingerprint density at radius 3 is 1.85 bits per heavy atom. The van der Waals surface area contributed by atoms with Crippen molar-refractivity contribution in [2.45, 2.75) is 0 Å². The monoisotopic (exact) mass is 736 g/mol. The summed E-state index contributed by atoms with van der Waals surface area (Å²) in [5.74, 6) is 0. The second-order valence-corrected chi connectivity index (χ2v) is 16.1. The summed E-state index contributed by atoms with van der Waals surface area (Å²) in [5, 5.41) is 8.70. The minimum Gasteiger partial charge on any atom is -0.310 e. The lowest BCUT2D eigenvalue weighted by molar-refractivity contribution is 1.29. The summed E-state index contributed by atoms with van der Waals surface area (Å²) < 4.78 is 3.86. The lowest BCUT2D eigenvalue weighted by Crippen LogP contribution is -2.10. The van der Waals surface area contributed by atoms with Crippen LogP contribution in [0.3, 0.4) is 0 Å². The van der Waals surface area contributed by atoms with Gasteiger partial charge in [0.2, 0.25) is 0 Å². The molecule has 0 saturated carbocycles. The van der Waals surface area contributed by atoms with Crippen molar-refractivity contribution < 1.29 is 0 Å². The lowest BCUT2D eigenvalue weighted by Gasteiger charge is -2.27. The number of anilines is 3. The van der Waals surface area contributed by atoms with Crippen molar-refractivity contribution in [1.29, 1.82) is 0 Å². The maximum atomic E-state index is 5.02. The van der Waals surface area contributed by atoms with Crippen molar-refractivity contribution >= 4 is 91.7 Å². The maximum absolute atomic E-state index is 5.02. The molecular weight excluding hydrogens is 705 g/mol. The van der Waals surface area contributed by atoms with E-state index in [0.717, 1.165) is 27.6 Å². The van der Waals surface area contributed by atoms with Gasteiger partial charge in [0.25, 0.3) is 0 Å². The van der Waals surface area contributed by atoms with E-state index >= 15 is 0 Å². The Morgan fingerprint density at radius 2 is 1.00 bits per heavy atom. The third-order valence-electron chi connectivity index (χ3n) is 10.7. The van der Waals surface area contributed by atoms with Crippen LogP contribution in [0.1, 0.15) is 0 Å². The Morgan fingerprint density at radius 1 is 0.364 bits per heavy atom. The highest BCUT2D eigenvalue weighted by Crippen LogP contribution is 2.44. The first kappa shape index (κ1) is 31.9. The second-order valence-electron chi connectivity index (χ2n) is 14.0. The van der Waals surface area contributed by atoms with E-state index in [0.29, 0.717) is 0 Å². The summed E-state index contributed by atoms with van der Waals surface area (Å²) in [5.41, 5.74) is 10.4. The molecule has 0 aliphatic rings. The Hall–Kier alpha value is -6.59. The van der Waals surface area contributed by atoms with Crippen molar-refractivity contribution in [1.82, 2.24) is 4.98 Å². The Kier molecular flexibility index (Phi) is 7.58. The quantitative estimate of drug-likeness (QED) is 0.158. The predicted molar refractivity (Wildman–Crippen MR) is 239 cm³/mol. The minimum absolute atomic E-state index is 1.06. The van der Waals surface area contributed by atoms with Crippen molar-refractivity contribution in [2.75, 3.05) is 4.90 Å². The molecule has 0 radical (unpaired) electrons. The van der Waals surface area contributed by atoms with Gasteiger partial charge >= 0.3 is 0 Å². The molecule has 0 bridgehead atoms. The first-order valence-corrected chi connectivity index (χ1v) is 20.2. The molecule has 0 aliphatic carbocycles. The molecule has 9 aromatic carbocycles. The average molecular weight is 737 g/mol. The zero-order valence-corrected chi connectivity index (χ0v) is 31.3. The number of thiophene rings is 1. The molecule has 0 unspecified atom stereocenters. The minimum atomic E-state index is 1.06. The molecule has 55 heavy (non-hydrogen) atoms. The van der Waals surface area contributed by atoms with Crippen LogP contribution in [0.15, 0.2) is 194 Å². The summed E-state index contributed by atoms with van der Waals surface area (Å²) in [4.78, 5) is 7.40. The van der Waals surface area contributed by atoms with Crippen LogP contribution >= 0.6 is 22.7 Å². The number of fused-ring (bicyclic) bond motifs is 8. The molecule has 0 atom stereocenters. The first-order chi connectivity index (χ1) is 27.2. The van der Waals surface area contributed by atoms with Crippen molar-refractivity contribution in [3.05, 3.63) is 194 Å². The predicted octanol–water partition coefficient (Wildman–Crippen LogP) is 15.4. The molecule has 4 heteroatoms. The normalized spacial score (nSPS) is 11.6. The first-order valence-electron chi connectivity index (χ1n) is 18.5. The zero-order chi connectivity index (χ0) is 36.3. The highest BCUT2D eigenvalue weighted by atomic mass is 32.1. The van der Waals surface area contributed by atoms with Crippen LogP contribution in [-0.4, -0.2) is 4.98 Å². The van der Waals surface area contributed by atoms with Crippen LogP contribution in [0.5, 0.6) is 0 Å². The molecule has 258 valence electrons. The van der Waals surface area contributed by atoms with E-state index in [9.17, 15) is 0 Å². The van der Waals surface area contributed by atoms with Gasteiger partial charge in [0, 0.05) is 42.8 Å². The molecule has 11 rings (SSSR count). The highest BCUT2D eigenvalue weighted by Gasteiger charge is 2.17. The zero-order valence-electron chi connectivity index (χ0n) is 29.7. The van der Waals surface area contributed by atoms with Crippen LogP contribution in [-0.2, 0) is 0 Å². The largest absolute Gasteiger partial charge is 0.310 e. The van der Waals surface area contributed by atoms with Crippen molar-refractivity contribution in [3.8, 4) is 32.8 Å². The van der Waals surface area contributed by atoms with Gasteiger partial charge in [-0.15, -0.1) is 22.7 Å². The maximum Gasteiger partial charge on any atom is 0.124 e. The van der Waals surface area contributed by atoms with Crippen LogP contribution in [0, 0.1) is 0 Å². The second kappa shape index (κ2) is 13.1. The molecule has 2 heterocycles. The van der Waals surface area contributed by atoms with E-state index in [1.165, 1.54) is 74.2 Å². The number of rotatable bonds is 6. The smallest absolute Gasteiger partial charge is 0.124 e. The van der Waals surface area contributed by atoms with Gasteiger partial charge in [-0.1, -0.05) is 140 Å². The molecular formula is C51H32N2S2. The Labute approximate surface area is 326 Å². The fraction of sp³-hybridized carbons (Fsp3) is 0. The van der Waals surface area contributed by atoms with Gasteiger partial charge < -0.3 is 4.90 Å². The third kappa shape index (κ3) is 5.58. The molecule has 0 saturated heterocycles. The summed E-state index contributed by atoms with van der Waals surface area (Å²) >= 11 is 3.66. The molecule has 0 spiro atoms. The van der Waals surface area contributed by atoms with Gasteiger partial charge in [-0.2, -0.15) is 0 Å². The molecule has 11 aromatic rings. The van der Waals surface area contributed by atoms with Crippen molar-refractivity contribution in [3.63, 3.8) is 0 Å². The number of aromatic nitrogens is 1. The highest BCUT2D eigenvalue weighted by molar-refractivity contribution is 7.28. The molecule has 2 aromatic heterocycles. The fourth-order valence-electron chi connectivity index (χ4n) is 7.97.